The molecule has 0 fully saturated rings. The van der Waals surface area contributed by atoms with Crippen molar-refractivity contribution in [2.24, 2.45) is 0 Å². The van der Waals surface area contributed by atoms with Crippen molar-refractivity contribution in [3.8, 4) is 0 Å². The van der Waals surface area contributed by atoms with Crippen LogP contribution in [-0.4, -0.2) is 35.3 Å². The molecule has 0 amide bonds. The molecule has 0 unspecified atom stereocenters. The van der Waals surface area contributed by atoms with E-state index in [1.807, 2.05) is 0 Å². The van der Waals surface area contributed by atoms with Gasteiger partial charge in [-0.2, -0.15) is 0 Å². The molecular weight excluding hydrogens is 240 g/mol. The molecule has 6 heteroatoms. The Hall–Kier alpha value is -1.07. The maximum Gasteiger partial charge on any atom is 0.157 e. The number of rotatable bonds is 8. The number of nitrogens with zero attached hydrogens (tertiary/aromatic N) is 2. The number of halogens is 1. The SMILES string of the molecule is CNc1c(Cl)ncnc1NCCCCCCO. The zero-order valence-electron chi connectivity index (χ0n) is 10.0. The Kier molecular flexibility index (Phi) is 6.65. The summed E-state index contributed by atoms with van der Waals surface area (Å²) in [6.07, 6.45) is 5.52. The molecule has 0 aliphatic rings. The summed E-state index contributed by atoms with van der Waals surface area (Å²) in [6, 6.07) is 0. The molecule has 0 radical (unpaired) electrons. The molecule has 0 saturated carbocycles. The van der Waals surface area contributed by atoms with Gasteiger partial charge in [-0.3, -0.25) is 0 Å². The van der Waals surface area contributed by atoms with Gasteiger partial charge in [0.1, 0.15) is 12.0 Å². The number of hydrogen-bond donors (Lipinski definition) is 3. The van der Waals surface area contributed by atoms with Crippen molar-refractivity contribution >= 4 is 23.1 Å². The van der Waals surface area contributed by atoms with Gasteiger partial charge in [-0.05, 0) is 12.8 Å². The Balaban J connectivity index is 2.33. The lowest BCUT2D eigenvalue weighted by Crippen LogP contribution is -2.07. The van der Waals surface area contributed by atoms with Gasteiger partial charge >= 0.3 is 0 Å². The zero-order chi connectivity index (χ0) is 12.5. The molecule has 1 heterocycles. The van der Waals surface area contributed by atoms with Gasteiger partial charge in [0.15, 0.2) is 11.0 Å². The smallest absolute Gasteiger partial charge is 0.157 e. The second-order valence-electron chi connectivity index (χ2n) is 3.70. The van der Waals surface area contributed by atoms with Gasteiger partial charge in [0.25, 0.3) is 0 Å². The third-order valence-corrected chi connectivity index (χ3v) is 2.71. The largest absolute Gasteiger partial charge is 0.396 e. The topological polar surface area (TPSA) is 70.1 Å². The third kappa shape index (κ3) is 4.75. The van der Waals surface area contributed by atoms with Gasteiger partial charge in [0, 0.05) is 20.2 Å². The fourth-order valence-electron chi connectivity index (χ4n) is 1.52. The van der Waals surface area contributed by atoms with Crippen molar-refractivity contribution in [1.29, 1.82) is 0 Å². The predicted molar refractivity (Wildman–Crippen MR) is 70.6 cm³/mol. The number of aliphatic hydroxyl groups excluding tert-OH is 1. The van der Waals surface area contributed by atoms with Gasteiger partial charge in [-0.1, -0.05) is 24.4 Å². The van der Waals surface area contributed by atoms with Gasteiger partial charge in [-0.25, -0.2) is 9.97 Å². The fourth-order valence-corrected chi connectivity index (χ4v) is 1.74. The molecule has 1 aromatic rings. The highest BCUT2D eigenvalue weighted by Crippen LogP contribution is 2.25. The fraction of sp³-hybridized carbons (Fsp3) is 0.636. The van der Waals surface area contributed by atoms with E-state index in [-0.39, 0.29) is 6.61 Å². The minimum atomic E-state index is 0.277. The summed E-state index contributed by atoms with van der Waals surface area (Å²) in [7, 11) is 1.79. The molecule has 0 aliphatic heterocycles. The second kappa shape index (κ2) is 8.08. The molecule has 1 rings (SSSR count). The van der Waals surface area contributed by atoms with E-state index < -0.39 is 0 Å². The number of anilines is 2. The van der Waals surface area contributed by atoms with Crippen molar-refractivity contribution in [3.05, 3.63) is 11.5 Å². The van der Waals surface area contributed by atoms with Crippen LogP contribution in [0.25, 0.3) is 0 Å². The van der Waals surface area contributed by atoms with E-state index in [0.29, 0.717) is 5.15 Å². The number of nitrogens with one attached hydrogen (secondary N) is 2. The summed E-state index contributed by atoms with van der Waals surface area (Å²) in [4.78, 5) is 8.04. The van der Waals surface area contributed by atoms with Crippen LogP contribution in [0.15, 0.2) is 6.33 Å². The standard InChI is InChI=1S/C11H19ClN4O/c1-13-9-10(12)15-8-16-11(9)14-6-4-2-3-5-7-17/h8,13,17H,2-7H2,1H3,(H,14,15,16). The first-order valence-corrected chi connectivity index (χ1v) is 6.20. The molecule has 0 bridgehead atoms. The molecule has 0 aromatic carbocycles. The van der Waals surface area contributed by atoms with Crippen molar-refractivity contribution < 1.29 is 5.11 Å². The zero-order valence-corrected chi connectivity index (χ0v) is 10.8. The lowest BCUT2D eigenvalue weighted by molar-refractivity contribution is 0.283. The summed E-state index contributed by atoms with van der Waals surface area (Å²) in [5.74, 6) is 0.731. The van der Waals surface area contributed by atoms with E-state index in [4.69, 9.17) is 16.7 Å². The number of unbranched alkanes of at least 4 members (excludes halogenated alkanes) is 3. The lowest BCUT2D eigenvalue weighted by atomic mass is 10.2. The van der Waals surface area contributed by atoms with Gasteiger partial charge in [-0.15, -0.1) is 0 Å². The Labute approximate surface area is 107 Å². The first kappa shape index (κ1) is 14.0. The van der Waals surface area contributed by atoms with Crippen molar-refractivity contribution in [1.82, 2.24) is 9.97 Å². The highest BCUT2D eigenvalue weighted by Gasteiger charge is 2.06. The van der Waals surface area contributed by atoms with Gasteiger partial charge < -0.3 is 15.7 Å². The molecule has 1 aromatic heterocycles. The monoisotopic (exact) mass is 258 g/mol. The number of aromatic nitrogens is 2. The van der Waals surface area contributed by atoms with Gasteiger partial charge in [0.05, 0.1) is 0 Å². The van der Waals surface area contributed by atoms with Crippen molar-refractivity contribution in [2.75, 3.05) is 30.8 Å². The van der Waals surface area contributed by atoms with Crippen LogP contribution in [0.5, 0.6) is 0 Å². The van der Waals surface area contributed by atoms with Crippen LogP contribution in [0.1, 0.15) is 25.7 Å². The van der Waals surface area contributed by atoms with Crippen LogP contribution in [0.4, 0.5) is 11.5 Å². The minimum Gasteiger partial charge on any atom is -0.396 e. The molecule has 96 valence electrons. The molecule has 17 heavy (non-hydrogen) atoms. The molecule has 5 nitrogen and oxygen atoms in total. The van der Waals surface area contributed by atoms with Crippen LogP contribution in [0.3, 0.4) is 0 Å². The summed E-state index contributed by atoms with van der Waals surface area (Å²) >= 11 is 5.93. The maximum atomic E-state index is 8.64. The third-order valence-electron chi connectivity index (χ3n) is 2.43. The molecule has 0 saturated heterocycles. The summed E-state index contributed by atoms with van der Waals surface area (Å²) in [6.45, 7) is 1.12. The average Bonchev–Trinajstić information content (AvgIpc) is 2.34. The van der Waals surface area contributed by atoms with E-state index >= 15 is 0 Å². The molecule has 0 aliphatic carbocycles. The Morgan fingerprint density at radius 1 is 1.24 bits per heavy atom. The van der Waals surface area contributed by atoms with Crippen LogP contribution in [0, 0.1) is 0 Å². The quantitative estimate of drug-likeness (QED) is 0.492. The van der Waals surface area contributed by atoms with E-state index in [0.717, 1.165) is 43.7 Å². The van der Waals surface area contributed by atoms with Crippen molar-refractivity contribution in [3.63, 3.8) is 0 Å². The van der Waals surface area contributed by atoms with Crippen LogP contribution in [-0.2, 0) is 0 Å². The first-order chi connectivity index (χ1) is 8.29. The first-order valence-electron chi connectivity index (χ1n) is 5.82. The highest BCUT2D eigenvalue weighted by molar-refractivity contribution is 6.32. The summed E-state index contributed by atoms with van der Waals surface area (Å²) < 4.78 is 0. The Morgan fingerprint density at radius 2 is 2.00 bits per heavy atom. The minimum absolute atomic E-state index is 0.277. The van der Waals surface area contributed by atoms with E-state index in [9.17, 15) is 0 Å². The Bertz CT molecular complexity index is 335. The van der Waals surface area contributed by atoms with E-state index in [1.165, 1.54) is 6.33 Å². The predicted octanol–water partition coefficient (Wildman–Crippen LogP) is 2.14. The number of aliphatic hydroxyl groups is 1. The van der Waals surface area contributed by atoms with Crippen LogP contribution < -0.4 is 10.6 Å². The van der Waals surface area contributed by atoms with Crippen LogP contribution in [0.2, 0.25) is 5.15 Å². The summed E-state index contributed by atoms with van der Waals surface area (Å²) in [5.41, 5.74) is 0.726. The van der Waals surface area contributed by atoms with Gasteiger partial charge in [0.2, 0.25) is 0 Å². The molecule has 0 atom stereocenters. The highest BCUT2D eigenvalue weighted by atomic mass is 35.5. The van der Waals surface area contributed by atoms with Crippen LogP contribution >= 0.6 is 11.6 Å². The van der Waals surface area contributed by atoms with Crippen molar-refractivity contribution in [2.45, 2.75) is 25.7 Å². The Morgan fingerprint density at radius 3 is 2.71 bits per heavy atom. The summed E-state index contributed by atoms with van der Waals surface area (Å²) in [5, 5.41) is 15.3. The molecule has 3 N–H and O–H groups in total. The number of hydrogen-bond acceptors (Lipinski definition) is 5. The van der Waals surface area contributed by atoms with E-state index in [2.05, 4.69) is 20.6 Å². The normalized spacial score (nSPS) is 10.3. The molecule has 0 spiro atoms. The van der Waals surface area contributed by atoms with E-state index in [1.54, 1.807) is 7.05 Å². The lowest BCUT2D eigenvalue weighted by Gasteiger charge is -2.10. The second-order valence-corrected chi connectivity index (χ2v) is 4.06. The maximum absolute atomic E-state index is 8.64. The molecular formula is C11H19ClN4O. The average molecular weight is 259 g/mol.